The minimum atomic E-state index is 0.124. The molecule has 1 aromatic heterocycles. The van der Waals surface area contributed by atoms with Crippen molar-refractivity contribution in [2.24, 2.45) is 0 Å². The van der Waals surface area contributed by atoms with Crippen molar-refractivity contribution >= 4 is 16.8 Å². The summed E-state index contributed by atoms with van der Waals surface area (Å²) in [6.07, 6.45) is 3.84. The van der Waals surface area contributed by atoms with Gasteiger partial charge < -0.3 is 4.42 Å². The number of unbranched alkanes of at least 4 members (excludes halogenated alkanes) is 1. The maximum absolute atomic E-state index is 12.2. The number of benzene rings is 1. The maximum atomic E-state index is 12.2. The van der Waals surface area contributed by atoms with Gasteiger partial charge in [-0.1, -0.05) is 31.5 Å². The molecule has 0 spiro atoms. The lowest BCUT2D eigenvalue weighted by Crippen LogP contribution is -2.26. The summed E-state index contributed by atoms with van der Waals surface area (Å²) >= 11 is 0. The lowest BCUT2D eigenvalue weighted by molar-refractivity contribution is 0.0946. The van der Waals surface area contributed by atoms with Gasteiger partial charge in [-0.2, -0.15) is 0 Å². The normalized spacial score (nSPS) is 11.3. The molecule has 18 heavy (non-hydrogen) atoms. The first-order valence-corrected chi connectivity index (χ1v) is 6.40. The van der Waals surface area contributed by atoms with E-state index in [0.717, 1.165) is 30.4 Å². The van der Waals surface area contributed by atoms with Crippen LogP contribution in [0, 0.1) is 0 Å². The van der Waals surface area contributed by atoms with Crippen LogP contribution < -0.4 is 0 Å². The highest BCUT2D eigenvalue weighted by atomic mass is 16.3. The first-order chi connectivity index (χ1) is 8.72. The fourth-order valence-electron chi connectivity index (χ4n) is 2.03. The first-order valence-electron chi connectivity index (χ1n) is 6.40. The summed E-state index contributed by atoms with van der Waals surface area (Å²) in [5, 5.41) is 0.909. The van der Waals surface area contributed by atoms with Gasteiger partial charge in [0.05, 0.1) is 12.1 Å². The highest BCUT2D eigenvalue weighted by Crippen LogP contribution is 2.21. The monoisotopic (exact) mass is 245 g/mol. The molecule has 0 unspecified atom stereocenters. The molecule has 2 rings (SSSR count). The fourth-order valence-corrected chi connectivity index (χ4v) is 2.03. The summed E-state index contributed by atoms with van der Waals surface area (Å²) in [7, 11) is 1.98. The van der Waals surface area contributed by atoms with E-state index in [4.69, 9.17) is 4.42 Å². The molecule has 2 aromatic rings. The lowest BCUT2D eigenvalue weighted by atomic mass is 10.1. The molecular formula is C15H19NO2. The van der Waals surface area contributed by atoms with Crippen molar-refractivity contribution < 1.29 is 9.21 Å². The topological polar surface area (TPSA) is 33.5 Å². The Labute approximate surface area is 107 Å². The number of rotatable bonds is 6. The number of para-hydroxylation sites is 1. The predicted octanol–water partition coefficient (Wildman–Crippen LogP) is 3.35. The Morgan fingerprint density at radius 2 is 2.11 bits per heavy atom. The summed E-state index contributed by atoms with van der Waals surface area (Å²) < 4.78 is 5.39. The number of furan rings is 1. The van der Waals surface area contributed by atoms with Gasteiger partial charge in [0.1, 0.15) is 11.8 Å². The molecule has 0 amide bonds. The van der Waals surface area contributed by atoms with Crippen molar-refractivity contribution in [2.75, 3.05) is 20.1 Å². The Morgan fingerprint density at radius 1 is 1.33 bits per heavy atom. The zero-order valence-corrected chi connectivity index (χ0v) is 11.0. The van der Waals surface area contributed by atoms with E-state index in [-0.39, 0.29) is 5.78 Å². The second kappa shape index (κ2) is 5.83. The molecule has 3 heteroatoms. The van der Waals surface area contributed by atoms with Gasteiger partial charge in [-0.05, 0) is 26.1 Å². The number of likely N-dealkylation sites (N-methyl/N-ethyl adjacent to an activating group) is 1. The van der Waals surface area contributed by atoms with Crippen LogP contribution >= 0.6 is 0 Å². The summed E-state index contributed by atoms with van der Waals surface area (Å²) in [5.74, 6) is 0.124. The van der Waals surface area contributed by atoms with Crippen molar-refractivity contribution in [2.45, 2.75) is 19.8 Å². The second-order valence-electron chi connectivity index (χ2n) is 4.66. The van der Waals surface area contributed by atoms with E-state index in [1.165, 1.54) is 0 Å². The van der Waals surface area contributed by atoms with Crippen LogP contribution in [0.1, 0.15) is 30.1 Å². The smallest absolute Gasteiger partial charge is 0.180 e. The number of Topliss-reactive ketones (excluding diaryl/α,β-unsaturated/α-hetero) is 1. The molecule has 0 saturated heterocycles. The highest BCUT2D eigenvalue weighted by molar-refractivity contribution is 6.08. The second-order valence-corrected chi connectivity index (χ2v) is 4.66. The van der Waals surface area contributed by atoms with Crippen molar-refractivity contribution in [1.82, 2.24) is 4.90 Å². The number of ketones is 1. The van der Waals surface area contributed by atoms with Gasteiger partial charge in [-0.25, -0.2) is 0 Å². The fraction of sp³-hybridized carbons (Fsp3) is 0.400. The number of carbonyl (C=O) groups excluding carboxylic acids is 1. The van der Waals surface area contributed by atoms with Crippen molar-refractivity contribution in [3.05, 3.63) is 36.1 Å². The van der Waals surface area contributed by atoms with E-state index in [1.807, 2.05) is 31.3 Å². The van der Waals surface area contributed by atoms with Crippen molar-refractivity contribution in [3.8, 4) is 0 Å². The number of fused-ring (bicyclic) bond motifs is 1. The van der Waals surface area contributed by atoms with Gasteiger partial charge in [0.2, 0.25) is 0 Å². The minimum absolute atomic E-state index is 0.124. The first kappa shape index (κ1) is 12.8. The molecule has 0 aliphatic heterocycles. The molecule has 3 nitrogen and oxygen atoms in total. The van der Waals surface area contributed by atoms with Crippen LogP contribution in [0.3, 0.4) is 0 Å². The molecule has 0 radical (unpaired) electrons. The largest absolute Gasteiger partial charge is 0.464 e. The molecule has 1 aromatic carbocycles. The highest BCUT2D eigenvalue weighted by Gasteiger charge is 2.14. The van der Waals surface area contributed by atoms with Crippen LogP contribution in [-0.4, -0.2) is 30.8 Å². The predicted molar refractivity (Wildman–Crippen MR) is 72.9 cm³/mol. The van der Waals surface area contributed by atoms with Gasteiger partial charge in [0, 0.05) is 5.39 Å². The Morgan fingerprint density at radius 3 is 2.89 bits per heavy atom. The molecule has 0 atom stereocenters. The number of nitrogens with zero attached hydrogens (tertiary/aromatic N) is 1. The van der Waals surface area contributed by atoms with Gasteiger partial charge >= 0.3 is 0 Å². The summed E-state index contributed by atoms with van der Waals surface area (Å²) in [4.78, 5) is 14.3. The van der Waals surface area contributed by atoms with E-state index in [1.54, 1.807) is 6.26 Å². The van der Waals surface area contributed by atoms with Crippen LogP contribution in [0.25, 0.3) is 11.0 Å². The molecule has 0 N–H and O–H groups in total. The van der Waals surface area contributed by atoms with Crippen LogP contribution in [0.5, 0.6) is 0 Å². The van der Waals surface area contributed by atoms with Gasteiger partial charge in [0.15, 0.2) is 5.78 Å². The van der Waals surface area contributed by atoms with Crippen LogP contribution in [0.15, 0.2) is 34.9 Å². The van der Waals surface area contributed by atoms with Crippen LogP contribution in [0.4, 0.5) is 0 Å². The number of hydrogen-bond donors (Lipinski definition) is 0. The van der Waals surface area contributed by atoms with E-state index in [2.05, 4.69) is 11.8 Å². The molecule has 0 aliphatic rings. The maximum Gasteiger partial charge on any atom is 0.180 e. The number of carbonyl (C=O) groups is 1. The van der Waals surface area contributed by atoms with Gasteiger partial charge in [-0.3, -0.25) is 9.69 Å². The quantitative estimate of drug-likeness (QED) is 0.732. The molecule has 0 saturated carbocycles. The summed E-state index contributed by atoms with van der Waals surface area (Å²) in [5.41, 5.74) is 1.46. The Bertz CT molecular complexity index is 530. The minimum Gasteiger partial charge on any atom is -0.464 e. The molecule has 0 bridgehead atoms. The molecule has 0 aliphatic carbocycles. The molecule has 0 fully saturated rings. The van der Waals surface area contributed by atoms with Crippen molar-refractivity contribution in [3.63, 3.8) is 0 Å². The third-order valence-corrected chi connectivity index (χ3v) is 3.09. The molecule has 1 heterocycles. The Kier molecular flexibility index (Phi) is 4.15. The summed E-state index contributed by atoms with van der Waals surface area (Å²) in [6.45, 7) is 3.56. The zero-order valence-electron chi connectivity index (χ0n) is 11.0. The third kappa shape index (κ3) is 2.79. The Hall–Kier alpha value is -1.61. The van der Waals surface area contributed by atoms with E-state index < -0.39 is 0 Å². The number of hydrogen-bond acceptors (Lipinski definition) is 3. The van der Waals surface area contributed by atoms with Gasteiger partial charge in [0.25, 0.3) is 0 Å². The molecular weight excluding hydrogens is 226 g/mol. The van der Waals surface area contributed by atoms with Gasteiger partial charge in [-0.15, -0.1) is 0 Å². The molecule has 96 valence electrons. The van der Waals surface area contributed by atoms with E-state index in [0.29, 0.717) is 12.1 Å². The van der Waals surface area contributed by atoms with Crippen LogP contribution in [0.2, 0.25) is 0 Å². The third-order valence-electron chi connectivity index (χ3n) is 3.09. The standard InChI is InChI=1S/C15H19NO2/c1-3-4-9-16(2)10-14(17)13-11-18-15-8-6-5-7-12(13)15/h5-8,11H,3-4,9-10H2,1-2H3. The van der Waals surface area contributed by atoms with Crippen molar-refractivity contribution in [1.29, 1.82) is 0 Å². The average molecular weight is 245 g/mol. The van der Waals surface area contributed by atoms with E-state index in [9.17, 15) is 4.79 Å². The zero-order chi connectivity index (χ0) is 13.0. The van der Waals surface area contributed by atoms with E-state index >= 15 is 0 Å². The summed E-state index contributed by atoms with van der Waals surface area (Å²) in [6, 6.07) is 7.65. The average Bonchev–Trinajstić information content (AvgIpc) is 2.80. The Balaban J connectivity index is 2.09. The SMILES string of the molecule is CCCCN(C)CC(=O)c1coc2ccccc12. The van der Waals surface area contributed by atoms with Crippen LogP contribution in [-0.2, 0) is 0 Å². The lowest BCUT2D eigenvalue weighted by Gasteiger charge is -2.14.